The Bertz CT molecular complexity index is 895. The number of carbonyl (C=O) groups is 1. The lowest BCUT2D eigenvalue weighted by Crippen LogP contribution is -2.30. The Kier molecular flexibility index (Phi) is 5.12. The molecule has 0 aliphatic heterocycles. The Morgan fingerprint density at radius 3 is 2.58 bits per heavy atom. The van der Waals surface area contributed by atoms with E-state index in [1.54, 1.807) is 37.4 Å². The first-order valence-electron chi connectivity index (χ1n) is 7.77. The van der Waals surface area contributed by atoms with Gasteiger partial charge in [0.2, 0.25) is 5.82 Å². The van der Waals surface area contributed by atoms with Crippen molar-refractivity contribution in [2.75, 3.05) is 12.4 Å². The van der Waals surface area contributed by atoms with E-state index < -0.39 is 17.8 Å². The standard InChI is InChI=1S/C18H16FN3O4/c1-11(25-15-6-4-3-5-14(15)19)18(23)20-17-16(21-26-22-17)12-7-9-13(24-2)10-8-12/h3-11H,1-2H3,(H,20,22,23). The highest BCUT2D eigenvalue weighted by Gasteiger charge is 2.21. The number of aromatic nitrogens is 2. The molecular weight excluding hydrogens is 341 g/mol. The molecule has 2 aromatic carbocycles. The van der Waals surface area contributed by atoms with Gasteiger partial charge in [0.25, 0.3) is 5.91 Å². The van der Waals surface area contributed by atoms with Gasteiger partial charge >= 0.3 is 0 Å². The molecule has 1 N–H and O–H groups in total. The van der Waals surface area contributed by atoms with Crippen LogP contribution in [-0.2, 0) is 4.79 Å². The van der Waals surface area contributed by atoms with Gasteiger partial charge in [0.15, 0.2) is 23.4 Å². The molecule has 1 heterocycles. The summed E-state index contributed by atoms with van der Waals surface area (Å²) in [5, 5.41) is 10.1. The first kappa shape index (κ1) is 17.4. The maximum Gasteiger partial charge on any atom is 0.266 e. The van der Waals surface area contributed by atoms with E-state index in [1.807, 2.05) is 0 Å². The molecule has 8 heteroatoms. The zero-order chi connectivity index (χ0) is 18.5. The number of amides is 1. The number of anilines is 1. The van der Waals surface area contributed by atoms with Crippen LogP contribution in [0.4, 0.5) is 10.2 Å². The van der Waals surface area contributed by atoms with Gasteiger partial charge in [-0.25, -0.2) is 9.02 Å². The van der Waals surface area contributed by atoms with Crippen molar-refractivity contribution in [2.24, 2.45) is 0 Å². The molecule has 0 aliphatic carbocycles. The van der Waals surface area contributed by atoms with Gasteiger partial charge in [-0.2, -0.15) is 0 Å². The summed E-state index contributed by atoms with van der Waals surface area (Å²) in [6, 6.07) is 12.9. The highest BCUT2D eigenvalue weighted by molar-refractivity contribution is 5.95. The van der Waals surface area contributed by atoms with Crippen LogP contribution in [0.5, 0.6) is 11.5 Å². The second kappa shape index (κ2) is 7.64. The molecule has 26 heavy (non-hydrogen) atoms. The van der Waals surface area contributed by atoms with Crippen LogP contribution in [0.1, 0.15) is 6.92 Å². The minimum atomic E-state index is -0.952. The van der Waals surface area contributed by atoms with E-state index in [9.17, 15) is 9.18 Å². The van der Waals surface area contributed by atoms with Gasteiger partial charge < -0.3 is 14.8 Å². The van der Waals surface area contributed by atoms with E-state index >= 15 is 0 Å². The third kappa shape index (κ3) is 3.80. The van der Waals surface area contributed by atoms with Crippen LogP contribution in [0.15, 0.2) is 53.2 Å². The Morgan fingerprint density at radius 2 is 1.88 bits per heavy atom. The molecule has 1 amide bonds. The fourth-order valence-corrected chi connectivity index (χ4v) is 2.21. The minimum absolute atomic E-state index is 0.0104. The zero-order valence-electron chi connectivity index (χ0n) is 14.1. The number of nitrogens with one attached hydrogen (secondary N) is 1. The lowest BCUT2D eigenvalue weighted by Gasteiger charge is -2.14. The molecule has 3 aromatic rings. The molecule has 0 saturated heterocycles. The predicted molar refractivity (Wildman–Crippen MR) is 91.4 cm³/mol. The van der Waals surface area contributed by atoms with Crippen LogP contribution in [-0.4, -0.2) is 29.4 Å². The average molecular weight is 357 g/mol. The van der Waals surface area contributed by atoms with Gasteiger partial charge in [-0.15, -0.1) is 0 Å². The summed E-state index contributed by atoms with van der Waals surface area (Å²) in [7, 11) is 1.56. The number of hydrogen-bond donors (Lipinski definition) is 1. The van der Waals surface area contributed by atoms with Crippen LogP contribution < -0.4 is 14.8 Å². The van der Waals surface area contributed by atoms with Crippen molar-refractivity contribution in [2.45, 2.75) is 13.0 Å². The van der Waals surface area contributed by atoms with E-state index in [0.717, 1.165) is 0 Å². The maximum atomic E-state index is 13.6. The summed E-state index contributed by atoms with van der Waals surface area (Å²) < 4.78 is 28.8. The van der Waals surface area contributed by atoms with Crippen molar-refractivity contribution >= 4 is 11.7 Å². The molecule has 1 aromatic heterocycles. The number of hydrogen-bond acceptors (Lipinski definition) is 6. The van der Waals surface area contributed by atoms with Gasteiger partial charge in [-0.1, -0.05) is 12.1 Å². The zero-order valence-corrected chi connectivity index (χ0v) is 14.1. The number of para-hydroxylation sites is 1. The number of ether oxygens (including phenoxy) is 2. The molecule has 0 bridgehead atoms. The molecular formula is C18H16FN3O4. The Balaban J connectivity index is 1.72. The Labute approximate surface area is 148 Å². The number of rotatable bonds is 6. The van der Waals surface area contributed by atoms with E-state index in [2.05, 4.69) is 15.6 Å². The first-order chi connectivity index (χ1) is 12.6. The van der Waals surface area contributed by atoms with E-state index in [-0.39, 0.29) is 11.6 Å². The number of methoxy groups -OCH3 is 1. The Morgan fingerprint density at radius 1 is 1.15 bits per heavy atom. The third-order valence-electron chi connectivity index (χ3n) is 3.60. The largest absolute Gasteiger partial charge is 0.497 e. The van der Waals surface area contributed by atoms with Crippen molar-refractivity contribution in [3.63, 3.8) is 0 Å². The number of halogens is 1. The topological polar surface area (TPSA) is 86.5 Å². The molecule has 0 radical (unpaired) electrons. The molecule has 3 rings (SSSR count). The predicted octanol–water partition coefficient (Wildman–Crippen LogP) is 3.29. The summed E-state index contributed by atoms with van der Waals surface area (Å²) in [6.07, 6.45) is -0.952. The molecule has 0 aliphatic rings. The smallest absolute Gasteiger partial charge is 0.266 e. The summed E-state index contributed by atoms with van der Waals surface area (Å²) >= 11 is 0. The number of benzene rings is 2. The molecule has 1 atom stereocenters. The maximum absolute atomic E-state index is 13.6. The van der Waals surface area contributed by atoms with Gasteiger partial charge in [-0.3, -0.25) is 4.79 Å². The second-order valence-electron chi connectivity index (χ2n) is 5.37. The van der Waals surface area contributed by atoms with Crippen LogP contribution >= 0.6 is 0 Å². The van der Waals surface area contributed by atoms with Crippen LogP contribution in [0, 0.1) is 5.82 Å². The van der Waals surface area contributed by atoms with E-state index in [4.69, 9.17) is 14.1 Å². The lowest BCUT2D eigenvalue weighted by molar-refractivity contribution is -0.122. The lowest BCUT2D eigenvalue weighted by atomic mass is 10.1. The summed E-state index contributed by atoms with van der Waals surface area (Å²) in [4.78, 5) is 12.3. The van der Waals surface area contributed by atoms with Gasteiger partial charge in [-0.05, 0) is 53.6 Å². The fourth-order valence-electron chi connectivity index (χ4n) is 2.21. The fraction of sp³-hybridized carbons (Fsp3) is 0.167. The average Bonchev–Trinajstić information content (AvgIpc) is 3.11. The van der Waals surface area contributed by atoms with Crippen molar-refractivity contribution in [1.82, 2.24) is 10.3 Å². The van der Waals surface area contributed by atoms with E-state index in [1.165, 1.54) is 25.1 Å². The SMILES string of the molecule is COc1ccc(-c2nonc2NC(=O)C(C)Oc2ccccc2F)cc1. The Hall–Kier alpha value is -3.42. The van der Waals surface area contributed by atoms with Gasteiger partial charge in [0, 0.05) is 5.56 Å². The van der Waals surface area contributed by atoms with E-state index in [0.29, 0.717) is 17.0 Å². The van der Waals surface area contributed by atoms with Crippen molar-refractivity contribution < 1.29 is 23.3 Å². The summed E-state index contributed by atoms with van der Waals surface area (Å²) in [6.45, 7) is 1.50. The summed E-state index contributed by atoms with van der Waals surface area (Å²) in [5.74, 6) is -0.247. The van der Waals surface area contributed by atoms with Crippen LogP contribution in [0.2, 0.25) is 0 Å². The second-order valence-corrected chi connectivity index (χ2v) is 5.37. The third-order valence-corrected chi connectivity index (χ3v) is 3.60. The molecule has 7 nitrogen and oxygen atoms in total. The molecule has 0 saturated carbocycles. The highest BCUT2D eigenvalue weighted by atomic mass is 19.1. The van der Waals surface area contributed by atoms with Gasteiger partial charge in [0.05, 0.1) is 7.11 Å². The number of carbonyl (C=O) groups excluding carboxylic acids is 1. The first-order valence-corrected chi connectivity index (χ1v) is 7.77. The molecule has 0 spiro atoms. The van der Waals surface area contributed by atoms with Crippen molar-refractivity contribution in [3.05, 3.63) is 54.3 Å². The molecule has 1 unspecified atom stereocenters. The quantitative estimate of drug-likeness (QED) is 0.728. The highest BCUT2D eigenvalue weighted by Crippen LogP contribution is 2.26. The monoisotopic (exact) mass is 357 g/mol. The van der Waals surface area contributed by atoms with Crippen LogP contribution in [0.3, 0.4) is 0 Å². The van der Waals surface area contributed by atoms with Crippen molar-refractivity contribution in [1.29, 1.82) is 0 Å². The van der Waals surface area contributed by atoms with Crippen molar-refractivity contribution in [3.8, 4) is 22.8 Å². The van der Waals surface area contributed by atoms with Gasteiger partial charge in [0.1, 0.15) is 5.75 Å². The molecule has 0 fully saturated rings. The summed E-state index contributed by atoms with van der Waals surface area (Å²) in [5.41, 5.74) is 1.05. The minimum Gasteiger partial charge on any atom is -0.497 e. The molecule has 134 valence electrons. The normalized spacial score (nSPS) is 11.7. The number of nitrogens with zero attached hydrogens (tertiary/aromatic N) is 2. The van der Waals surface area contributed by atoms with Crippen LogP contribution in [0.25, 0.3) is 11.3 Å².